The van der Waals surface area contributed by atoms with Crippen molar-refractivity contribution in [2.24, 2.45) is 0 Å². The largest absolute Gasteiger partial charge is 0.224 e. The molecule has 1 aliphatic rings. The SMILES string of the molecule is O=S1(=O)CCc2cc(CCBr)ccc21. The standard InChI is InChI=1S/C10H11BrO2S/c11-5-3-8-1-2-10-9(7-8)4-6-14(10,12)13/h1-2,7H,3-6H2. The molecule has 2 nitrogen and oxygen atoms in total. The van der Waals surface area contributed by atoms with Crippen LogP contribution < -0.4 is 0 Å². The molecular weight excluding hydrogens is 264 g/mol. The van der Waals surface area contributed by atoms with Gasteiger partial charge in [0.05, 0.1) is 10.6 Å². The first-order valence-corrected chi connectivity index (χ1v) is 7.31. The number of alkyl halides is 1. The Labute approximate surface area is 92.4 Å². The molecule has 0 amide bonds. The second kappa shape index (κ2) is 3.66. The molecule has 0 aromatic heterocycles. The highest BCUT2D eigenvalue weighted by atomic mass is 79.9. The minimum Gasteiger partial charge on any atom is -0.224 e. The van der Waals surface area contributed by atoms with Crippen molar-refractivity contribution in [2.75, 3.05) is 11.1 Å². The Kier molecular flexibility index (Phi) is 2.66. The van der Waals surface area contributed by atoms with E-state index in [4.69, 9.17) is 0 Å². The van der Waals surface area contributed by atoms with E-state index in [2.05, 4.69) is 15.9 Å². The van der Waals surface area contributed by atoms with Gasteiger partial charge in [-0.1, -0.05) is 28.1 Å². The van der Waals surface area contributed by atoms with E-state index in [0.717, 1.165) is 17.3 Å². The van der Waals surface area contributed by atoms with Crippen LogP contribution in [0.15, 0.2) is 23.1 Å². The molecule has 1 heterocycles. The molecule has 1 aliphatic heterocycles. The van der Waals surface area contributed by atoms with E-state index in [1.54, 1.807) is 6.07 Å². The molecule has 1 aromatic carbocycles. The summed E-state index contributed by atoms with van der Waals surface area (Å²) >= 11 is 3.37. The van der Waals surface area contributed by atoms with Gasteiger partial charge in [0.15, 0.2) is 9.84 Å². The highest BCUT2D eigenvalue weighted by molar-refractivity contribution is 9.09. The Hall–Kier alpha value is -0.350. The molecule has 14 heavy (non-hydrogen) atoms. The number of aryl methyl sites for hydroxylation is 2. The lowest BCUT2D eigenvalue weighted by atomic mass is 10.1. The number of hydrogen-bond donors (Lipinski definition) is 0. The lowest BCUT2D eigenvalue weighted by molar-refractivity contribution is 0.600. The maximum absolute atomic E-state index is 11.5. The second-order valence-electron chi connectivity index (χ2n) is 3.45. The van der Waals surface area contributed by atoms with Gasteiger partial charge in [-0.15, -0.1) is 0 Å². The monoisotopic (exact) mass is 274 g/mol. The molecule has 4 heteroatoms. The Bertz CT molecular complexity index is 451. The van der Waals surface area contributed by atoms with E-state index in [-0.39, 0.29) is 5.75 Å². The number of halogens is 1. The van der Waals surface area contributed by atoms with Crippen LogP contribution in [0, 0.1) is 0 Å². The fourth-order valence-electron chi connectivity index (χ4n) is 1.75. The minimum atomic E-state index is -2.95. The van der Waals surface area contributed by atoms with Crippen molar-refractivity contribution in [1.82, 2.24) is 0 Å². The van der Waals surface area contributed by atoms with Gasteiger partial charge >= 0.3 is 0 Å². The minimum absolute atomic E-state index is 0.278. The maximum Gasteiger partial charge on any atom is 0.178 e. The topological polar surface area (TPSA) is 34.1 Å². The molecule has 0 fully saturated rings. The van der Waals surface area contributed by atoms with Gasteiger partial charge in [0.2, 0.25) is 0 Å². The molecule has 0 unspecified atom stereocenters. The highest BCUT2D eigenvalue weighted by Crippen LogP contribution is 2.26. The first-order valence-electron chi connectivity index (χ1n) is 4.54. The molecule has 0 saturated carbocycles. The predicted octanol–water partition coefficient (Wildman–Crippen LogP) is 1.95. The number of fused-ring (bicyclic) bond motifs is 1. The fourth-order valence-corrected chi connectivity index (χ4v) is 3.75. The van der Waals surface area contributed by atoms with Crippen LogP contribution in [0.1, 0.15) is 11.1 Å². The van der Waals surface area contributed by atoms with Crippen LogP contribution in [0.5, 0.6) is 0 Å². The van der Waals surface area contributed by atoms with Crippen LogP contribution in [0.2, 0.25) is 0 Å². The van der Waals surface area contributed by atoms with Crippen LogP contribution >= 0.6 is 15.9 Å². The van der Waals surface area contributed by atoms with Crippen molar-refractivity contribution < 1.29 is 8.42 Å². The Morgan fingerprint density at radius 1 is 1.36 bits per heavy atom. The van der Waals surface area contributed by atoms with E-state index in [1.165, 1.54) is 5.56 Å². The number of sulfone groups is 1. The third-order valence-corrected chi connectivity index (χ3v) is 4.69. The number of hydrogen-bond acceptors (Lipinski definition) is 2. The Balaban J connectivity index is 2.44. The van der Waals surface area contributed by atoms with Crippen LogP contribution in [0.3, 0.4) is 0 Å². The molecule has 0 saturated heterocycles. The van der Waals surface area contributed by atoms with Crippen molar-refractivity contribution in [3.8, 4) is 0 Å². The van der Waals surface area contributed by atoms with Crippen molar-refractivity contribution in [2.45, 2.75) is 17.7 Å². The molecule has 1 aromatic rings. The molecule has 0 radical (unpaired) electrons. The lowest BCUT2D eigenvalue weighted by Gasteiger charge is -2.01. The van der Waals surface area contributed by atoms with Gasteiger partial charge in [-0.3, -0.25) is 0 Å². The van der Waals surface area contributed by atoms with Crippen LogP contribution in [-0.4, -0.2) is 19.5 Å². The normalized spacial score (nSPS) is 18.1. The zero-order chi connectivity index (χ0) is 10.2. The van der Waals surface area contributed by atoms with Crippen molar-refractivity contribution in [3.05, 3.63) is 29.3 Å². The van der Waals surface area contributed by atoms with Crippen molar-refractivity contribution in [3.63, 3.8) is 0 Å². The summed E-state index contributed by atoms with van der Waals surface area (Å²) in [5, 5.41) is 0.915. The summed E-state index contributed by atoms with van der Waals surface area (Å²) in [6.07, 6.45) is 1.63. The molecule has 0 aliphatic carbocycles. The van der Waals surface area contributed by atoms with E-state index >= 15 is 0 Å². The first kappa shape index (κ1) is 10.2. The Morgan fingerprint density at radius 2 is 2.14 bits per heavy atom. The molecule has 2 rings (SSSR count). The molecule has 0 spiro atoms. The van der Waals surface area contributed by atoms with Gasteiger partial charge in [0.1, 0.15) is 0 Å². The first-order chi connectivity index (χ1) is 6.63. The average molecular weight is 275 g/mol. The van der Waals surface area contributed by atoms with Gasteiger partial charge in [0.25, 0.3) is 0 Å². The van der Waals surface area contributed by atoms with E-state index in [9.17, 15) is 8.42 Å². The molecule has 0 bridgehead atoms. The van der Waals surface area contributed by atoms with Crippen molar-refractivity contribution >= 4 is 25.8 Å². The van der Waals surface area contributed by atoms with Gasteiger partial charge in [-0.05, 0) is 30.0 Å². The summed E-state index contributed by atoms with van der Waals surface area (Å²) in [6.45, 7) is 0. The van der Waals surface area contributed by atoms with Gasteiger partial charge in [0, 0.05) is 5.33 Å². The van der Waals surface area contributed by atoms with E-state index < -0.39 is 9.84 Å². The zero-order valence-electron chi connectivity index (χ0n) is 7.66. The predicted molar refractivity (Wildman–Crippen MR) is 59.7 cm³/mol. The molecule has 0 atom stereocenters. The van der Waals surface area contributed by atoms with Gasteiger partial charge in [-0.25, -0.2) is 8.42 Å². The quantitative estimate of drug-likeness (QED) is 0.773. The smallest absolute Gasteiger partial charge is 0.178 e. The molecule has 0 N–H and O–H groups in total. The third kappa shape index (κ3) is 1.73. The average Bonchev–Trinajstić information content (AvgIpc) is 2.43. The highest BCUT2D eigenvalue weighted by Gasteiger charge is 2.25. The Morgan fingerprint density at radius 3 is 2.86 bits per heavy atom. The fraction of sp³-hybridized carbons (Fsp3) is 0.400. The second-order valence-corrected chi connectivity index (χ2v) is 6.32. The van der Waals surface area contributed by atoms with Crippen LogP contribution in [0.25, 0.3) is 0 Å². The zero-order valence-corrected chi connectivity index (χ0v) is 10.1. The summed E-state index contributed by atoms with van der Waals surface area (Å²) in [5.41, 5.74) is 2.20. The van der Waals surface area contributed by atoms with Gasteiger partial charge < -0.3 is 0 Å². The van der Waals surface area contributed by atoms with Crippen LogP contribution in [0.4, 0.5) is 0 Å². The van der Waals surface area contributed by atoms with E-state index in [0.29, 0.717) is 11.3 Å². The number of rotatable bonds is 2. The van der Waals surface area contributed by atoms with Crippen molar-refractivity contribution in [1.29, 1.82) is 0 Å². The number of benzene rings is 1. The summed E-state index contributed by atoms with van der Waals surface area (Å²) in [7, 11) is -2.95. The molecular formula is C10H11BrO2S. The lowest BCUT2D eigenvalue weighted by Crippen LogP contribution is -1.98. The summed E-state index contributed by atoms with van der Waals surface area (Å²) in [6, 6.07) is 5.67. The molecule has 76 valence electrons. The summed E-state index contributed by atoms with van der Waals surface area (Å²) in [4.78, 5) is 0.538. The van der Waals surface area contributed by atoms with E-state index in [1.807, 2.05) is 12.1 Å². The maximum atomic E-state index is 11.5. The van der Waals surface area contributed by atoms with Gasteiger partial charge in [-0.2, -0.15) is 0 Å². The summed E-state index contributed by atoms with van der Waals surface area (Å²) < 4.78 is 23.0. The summed E-state index contributed by atoms with van der Waals surface area (Å²) in [5.74, 6) is 0.278. The van der Waals surface area contributed by atoms with Crippen LogP contribution in [-0.2, 0) is 22.7 Å². The third-order valence-electron chi connectivity index (χ3n) is 2.48.